The lowest BCUT2D eigenvalue weighted by atomic mass is 9.86. The summed E-state index contributed by atoms with van der Waals surface area (Å²) in [6, 6.07) is 12.9. The minimum atomic E-state index is -0.231. The molecule has 0 spiro atoms. The molecule has 2 aliphatic heterocycles. The van der Waals surface area contributed by atoms with Gasteiger partial charge in [0.05, 0.1) is 6.04 Å². The first-order chi connectivity index (χ1) is 13.8. The highest BCUT2D eigenvalue weighted by Crippen LogP contribution is 2.35. The zero-order chi connectivity index (χ0) is 20.6. The lowest BCUT2D eigenvalue weighted by Crippen LogP contribution is -2.37. The molecule has 29 heavy (non-hydrogen) atoms. The first-order valence-electron chi connectivity index (χ1n) is 9.93. The van der Waals surface area contributed by atoms with Crippen LogP contribution in [0.1, 0.15) is 43.1 Å². The van der Waals surface area contributed by atoms with Crippen molar-refractivity contribution in [3.8, 4) is 11.5 Å². The molecule has 0 aliphatic carbocycles. The summed E-state index contributed by atoms with van der Waals surface area (Å²) in [5, 5.41) is 2.99. The zero-order valence-corrected chi connectivity index (χ0v) is 17.0. The van der Waals surface area contributed by atoms with Crippen LogP contribution in [0, 0.1) is 0 Å². The molecule has 2 aromatic rings. The number of anilines is 1. The molecule has 152 valence electrons. The summed E-state index contributed by atoms with van der Waals surface area (Å²) in [6.45, 7) is 7.87. The van der Waals surface area contributed by atoms with Crippen LogP contribution >= 0.6 is 0 Å². The average Bonchev–Trinajstić information content (AvgIpc) is 3.07. The molecule has 4 rings (SSSR count). The third-order valence-electron chi connectivity index (χ3n) is 5.31. The van der Waals surface area contributed by atoms with Crippen LogP contribution in [0.15, 0.2) is 42.5 Å². The highest BCUT2D eigenvalue weighted by Gasteiger charge is 2.32. The van der Waals surface area contributed by atoms with Crippen molar-refractivity contribution in [3.05, 3.63) is 53.6 Å². The second-order valence-electron chi connectivity index (χ2n) is 8.53. The predicted molar refractivity (Wildman–Crippen MR) is 111 cm³/mol. The van der Waals surface area contributed by atoms with E-state index in [1.165, 1.54) is 5.56 Å². The van der Waals surface area contributed by atoms with Crippen LogP contribution in [0.2, 0.25) is 0 Å². The number of benzene rings is 2. The first kappa shape index (κ1) is 19.3. The van der Waals surface area contributed by atoms with Gasteiger partial charge in [0.15, 0.2) is 11.5 Å². The topological polar surface area (TPSA) is 67.9 Å². The highest BCUT2D eigenvalue weighted by molar-refractivity contribution is 5.99. The second kappa shape index (κ2) is 7.43. The number of carbonyl (C=O) groups is 2. The van der Waals surface area contributed by atoms with Gasteiger partial charge in [0.25, 0.3) is 5.91 Å². The Hall–Kier alpha value is -3.02. The van der Waals surface area contributed by atoms with Crippen molar-refractivity contribution in [2.75, 3.05) is 24.7 Å². The Morgan fingerprint density at radius 2 is 1.72 bits per heavy atom. The van der Waals surface area contributed by atoms with Crippen molar-refractivity contribution in [1.29, 1.82) is 0 Å². The minimum Gasteiger partial charge on any atom is -0.486 e. The van der Waals surface area contributed by atoms with Crippen LogP contribution in [-0.2, 0) is 10.2 Å². The maximum Gasteiger partial charge on any atom is 0.251 e. The van der Waals surface area contributed by atoms with Crippen LogP contribution in [0.3, 0.4) is 0 Å². The Morgan fingerprint density at radius 3 is 2.41 bits per heavy atom. The number of carbonyl (C=O) groups excluding carboxylic acids is 2. The van der Waals surface area contributed by atoms with Crippen molar-refractivity contribution in [1.82, 2.24) is 5.32 Å². The first-order valence-corrected chi connectivity index (χ1v) is 9.93. The van der Waals surface area contributed by atoms with Gasteiger partial charge in [-0.25, -0.2) is 0 Å². The van der Waals surface area contributed by atoms with E-state index in [1.807, 2.05) is 42.5 Å². The lowest BCUT2D eigenvalue weighted by Gasteiger charge is -2.22. The summed E-state index contributed by atoms with van der Waals surface area (Å²) in [6.07, 6.45) is 0.278. The Labute approximate surface area is 170 Å². The van der Waals surface area contributed by atoms with E-state index < -0.39 is 0 Å². The van der Waals surface area contributed by atoms with Crippen molar-refractivity contribution in [2.24, 2.45) is 0 Å². The van der Waals surface area contributed by atoms with Crippen LogP contribution in [-0.4, -0.2) is 37.6 Å². The highest BCUT2D eigenvalue weighted by atomic mass is 16.6. The number of hydrogen-bond donors (Lipinski definition) is 1. The number of nitrogens with zero attached hydrogens (tertiary/aromatic N) is 1. The van der Waals surface area contributed by atoms with Gasteiger partial charge in [0.1, 0.15) is 13.2 Å². The van der Waals surface area contributed by atoms with Crippen LogP contribution < -0.4 is 19.7 Å². The van der Waals surface area contributed by atoms with Gasteiger partial charge in [-0.3, -0.25) is 9.59 Å². The summed E-state index contributed by atoms with van der Waals surface area (Å²) in [4.78, 5) is 26.8. The smallest absolute Gasteiger partial charge is 0.251 e. The Bertz CT molecular complexity index is 931. The molecule has 0 radical (unpaired) electrons. The molecule has 6 nitrogen and oxygen atoms in total. The minimum absolute atomic E-state index is 0.0185. The monoisotopic (exact) mass is 394 g/mol. The maximum absolute atomic E-state index is 12.6. The number of rotatable bonds is 3. The third kappa shape index (κ3) is 4.06. The molecule has 1 fully saturated rings. The Balaban J connectivity index is 1.42. The molecular formula is C23H26N2O4. The molecule has 1 N–H and O–H groups in total. The molecule has 2 amide bonds. The van der Waals surface area contributed by atoms with E-state index in [-0.39, 0.29) is 29.7 Å². The maximum atomic E-state index is 12.6. The molecular weight excluding hydrogens is 368 g/mol. The van der Waals surface area contributed by atoms with Gasteiger partial charge < -0.3 is 19.7 Å². The van der Waals surface area contributed by atoms with Gasteiger partial charge in [0, 0.05) is 30.3 Å². The second-order valence-corrected chi connectivity index (χ2v) is 8.53. The average molecular weight is 394 g/mol. The normalized spacial score (nSPS) is 18.7. The number of nitrogens with one attached hydrogen (secondary N) is 1. The van der Waals surface area contributed by atoms with Crippen LogP contribution in [0.25, 0.3) is 0 Å². The summed E-state index contributed by atoms with van der Waals surface area (Å²) < 4.78 is 11.1. The van der Waals surface area contributed by atoms with Crippen LogP contribution in [0.5, 0.6) is 11.5 Å². The SMILES string of the molecule is CC(C)(C)c1ccc(C(=O)N[C@@H]2CC(=O)N(c3ccc4c(c3)OCCO4)C2)cc1. The number of hydrogen-bond acceptors (Lipinski definition) is 4. The Morgan fingerprint density at radius 1 is 1.03 bits per heavy atom. The summed E-state index contributed by atoms with van der Waals surface area (Å²) in [5.74, 6) is 1.16. The van der Waals surface area contributed by atoms with E-state index in [9.17, 15) is 9.59 Å². The van der Waals surface area contributed by atoms with Crippen molar-refractivity contribution in [3.63, 3.8) is 0 Å². The van der Waals surface area contributed by atoms with Gasteiger partial charge in [-0.05, 0) is 35.2 Å². The van der Waals surface area contributed by atoms with E-state index in [0.717, 1.165) is 5.69 Å². The predicted octanol–water partition coefficient (Wildman–Crippen LogP) is 3.29. The molecule has 0 saturated carbocycles. The zero-order valence-electron chi connectivity index (χ0n) is 17.0. The van der Waals surface area contributed by atoms with Crippen molar-refractivity contribution >= 4 is 17.5 Å². The number of amides is 2. The Kier molecular flexibility index (Phi) is 4.94. The molecule has 2 aliphatic rings. The van der Waals surface area contributed by atoms with Crippen LogP contribution in [0.4, 0.5) is 5.69 Å². The summed E-state index contributed by atoms with van der Waals surface area (Å²) >= 11 is 0. The largest absolute Gasteiger partial charge is 0.486 e. The van der Waals surface area contributed by atoms with E-state index in [4.69, 9.17) is 9.47 Å². The fraction of sp³-hybridized carbons (Fsp3) is 0.391. The number of fused-ring (bicyclic) bond motifs is 1. The number of ether oxygens (including phenoxy) is 2. The quantitative estimate of drug-likeness (QED) is 0.867. The standard InChI is InChI=1S/C23H26N2O4/c1-23(2,3)16-6-4-15(5-7-16)22(27)24-17-12-21(26)25(14-17)18-8-9-19-20(13-18)29-11-10-28-19/h4-9,13,17H,10-12,14H2,1-3H3,(H,24,27)/t17-/m1/s1. The van der Waals surface area contributed by atoms with Gasteiger partial charge in [-0.15, -0.1) is 0 Å². The molecule has 0 unspecified atom stereocenters. The van der Waals surface area contributed by atoms with Crippen molar-refractivity contribution < 1.29 is 19.1 Å². The van der Waals surface area contributed by atoms with Gasteiger partial charge in [-0.1, -0.05) is 32.9 Å². The van der Waals surface area contributed by atoms with E-state index in [0.29, 0.717) is 36.8 Å². The van der Waals surface area contributed by atoms with Gasteiger partial charge in [-0.2, -0.15) is 0 Å². The fourth-order valence-corrected chi connectivity index (χ4v) is 3.64. The molecule has 0 bridgehead atoms. The van der Waals surface area contributed by atoms with E-state index >= 15 is 0 Å². The summed E-state index contributed by atoms with van der Waals surface area (Å²) in [7, 11) is 0. The van der Waals surface area contributed by atoms with Gasteiger partial charge >= 0.3 is 0 Å². The molecule has 1 saturated heterocycles. The molecule has 1 atom stereocenters. The van der Waals surface area contributed by atoms with E-state index in [2.05, 4.69) is 26.1 Å². The third-order valence-corrected chi connectivity index (χ3v) is 5.31. The summed E-state index contributed by atoms with van der Waals surface area (Å²) in [5.41, 5.74) is 2.57. The molecule has 2 heterocycles. The van der Waals surface area contributed by atoms with Crippen molar-refractivity contribution in [2.45, 2.75) is 38.6 Å². The fourth-order valence-electron chi connectivity index (χ4n) is 3.64. The molecule has 0 aromatic heterocycles. The molecule has 2 aromatic carbocycles. The lowest BCUT2D eigenvalue weighted by molar-refractivity contribution is -0.117. The van der Waals surface area contributed by atoms with Gasteiger partial charge in [0.2, 0.25) is 5.91 Å². The molecule has 6 heteroatoms. The van der Waals surface area contributed by atoms with E-state index in [1.54, 1.807) is 4.90 Å².